The maximum Gasteiger partial charge on any atom is 0.275 e. The zero-order valence-corrected chi connectivity index (χ0v) is 45.5. The number of morpholine rings is 1. The van der Waals surface area contributed by atoms with E-state index in [0.29, 0.717) is 54.8 Å². The van der Waals surface area contributed by atoms with Gasteiger partial charge < -0.3 is 63.8 Å². The maximum absolute atomic E-state index is 14.3. The molecular weight excluding hydrogens is 1140 g/mol. The number of anilines is 1. The van der Waals surface area contributed by atoms with Crippen LogP contribution < -0.4 is 20.9 Å². The second-order valence-corrected chi connectivity index (χ2v) is 20.0. The monoisotopic (exact) mass is 1200 g/mol. The van der Waals surface area contributed by atoms with E-state index in [4.69, 9.17) is 42.7 Å². The minimum Gasteiger partial charge on any atom is -0.507 e. The number of carbonyl (C=O) groups is 5. The van der Waals surface area contributed by atoms with Crippen molar-refractivity contribution >= 4 is 66.8 Å². The van der Waals surface area contributed by atoms with E-state index in [1.807, 2.05) is 6.92 Å². The van der Waals surface area contributed by atoms with E-state index in [2.05, 4.69) is 63.1 Å². The number of ketones is 2. The minimum absolute atomic E-state index is 0.0419. The van der Waals surface area contributed by atoms with Gasteiger partial charge in [0.1, 0.15) is 23.4 Å². The van der Waals surface area contributed by atoms with Crippen LogP contribution in [0, 0.1) is 0 Å². The first-order chi connectivity index (χ1) is 37.2. The second kappa shape index (κ2) is 24.7. The SMILES string of the molecule is COc1cccc2c1C(=O)c1c(O)c3c(c(O)c1C2=O)C[C@@](O)(C(=O)NOCc1ccc(NC(=O)CNC(=O)CCOCCOCCn2nc(CBr)c(CBr)n2)cc1)C[C@@H]3O[C@H]1C[C@H]2[C@H](O[C@@H]3[C@@H](OC)OCCN32)[C@H](C)O1. The van der Waals surface area contributed by atoms with Crippen LogP contribution in [0.3, 0.4) is 0 Å². The number of carbonyl (C=O) groups excluding carboxylic acids is 5. The highest BCUT2D eigenvalue weighted by atomic mass is 79.9. The number of hydroxylamine groups is 1. The van der Waals surface area contributed by atoms with Crippen molar-refractivity contribution in [1.29, 1.82) is 0 Å². The Morgan fingerprint density at radius 3 is 2.34 bits per heavy atom. The Balaban J connectivity index is 0.795. The number of hydrogen-bond donors (Lipinski definition) is 6. The molecule has 3 aliphatic heterocycles. The molecule has 4 heterocycles. The predicted octanol–water partition coefficient (Wildman–Crippen LogP) is 2.96. The number of aromatic nitrogens is 3. The number of hydrogen-bond acceptors (Lipinski definition) is 20. The lowest BCUT2D eigenvalue weighted by Crippen LogP contribution is -2.55. The quantitative estimate of drug-likeness (QED) is 0.0251. The number of alkyl halides is 2. The topological polar surface area (TPSA) is 299 Å². The van der Waals surface area contributed by atoms with E-state index in [1.54, 1.807) is 29.1 Å². The third kappa shape index (κ3) is 11.9. The molecule has 8 atom stereocenters. The van der Waals surface area contributed by atoms with Crippen LogP contribution in [0.25, 0.3) is 0 Å². The zero-order valence-electron chi connectivity index (χ0n) is 42.3. The summed E-state index contributed by atoms with van der Waals surface area (Å²) in [4.78, 5) is 76.7. The lowest BCUT2D eigenvalue weighted by atomic mass is 9.72. The number of nitrogens with zero attached hydrogens (tertiary/aromatic N) is 4. The second-order valence-electron chi connectivity index (χ2n) is 18.9. The van der Waals surface area contributed by atoms with E-state index in [9.17, 15) is 39.3 Å². The zero-order chi connectivity index (χ0) is 54.5. The highest BCUT2D eigenvalue weighted by molar-refractivity contribution is 9.09. The Hall–Kier alpha value is -5.49. The molecule has 6 N–H and O–H groups in total. The highest BCUT2D eigenvalue weighted by Crippen LogP contribution is 2.53. The predicted molar refractivity (Wildman–Crippen MR) is 274 cm³/mol. The van der Waals surface area contributed by atoms with Crippen LogP contribution in [0.2, 0.25) is 0 Å². The number of phenolic OH excluding ortho intramolecular Hbond substituents is 2. The summed E-state index contributed by atoms with van der Waals surface area (Å²) in [7, 11) is 2.86. The van der Waals surface area contributed by atoms with Gasteiger partial charge >= 0.3 is 0 Å². The van der Waals surface area contributed by atoms with E-state index < -0.39 is 102 Å². The number of benzene rings is 3. The van der Waals surface area contributed by atoms with Gasteiger partial charge in [-0.05, 0) is 30.7 Å². The number of fused-ring (bicyclic) bond motifs is 6. The third-order valence-corrected chi connectivity index (χ3v) is 15.1. The van der Waals surface area contributed by atoms with Gasteiger partial charge in [-0.1, -0.05) is 56.1 Å². The van der Waals surface area contributed by atoms with Crippen molar-refractivity contribution < 1.29 is 82.0 Å². The highest BCUT2D eigenvalue weighted by Gasteiger charge is 2.55. The summed E-state index contributed by atoms with van der Waals surface area (Å²) in [5.74, 6) is -4.75. The fourth-order valence-electron chi connectivity index (χ4n) is 10.3. The molecule has 4 aromatic rings. The molecule has 2 aliphatic carbocycles. The Labute approximate surface area is 458 Å². The van der Waals surface area contributed by atoms with Crippen molar-refractivity contribution in [3.8, 4) is 17.2 Å². The summed E-state index contributed by atoms with van der Waals surface area (Å²) in [6, 6.07) is 10.6. The van der Waals surface area contributed by atoms with Gasteiger partial charge in [-0.25, -0.2) is 5.48 Å². The minimum atomic E-state index is -2.39. The number of ether oxygens (including phenoxy) is 8. The molecule has 77 heavy (non-hydrogen) atoms. The maximum atomic E-state index is 14.3. The van der Waals surface area contributed by atoms with Gasteiger partial charge in [-0.2, -0.15) is 15.0 Å². The normalized spacial score (nSPS) is 24.5. The largest absolute Gasteiger partial charge is 0.507 e. The molecule has 0 unspecified atom stereocenters. The number of aromatic hydroxyl groups is 2. The summed E-state index contributed by atoms with van der Waals surface area (Å²) >= 11 is 6.79. The molecule has 0 saturated carbocycles. The van der Waals surface area contributed by atoms with E-state index >= 15 is 0 Å². The van der Waals surface area contributed by atoms with Crippen LogP contribution in [0.15, 0.2) is 42.5 Å². The van der Waals surface area contributed by atoms with Gasteiger partial charge in [0, 0.05) is 78.4 Å². The van der Waals surface area contributed by atoms with E-state index in [1.165, 1.54) is 32.4 Å². The first-order valence-electron chi connectivity index (χ1n) is 24.9. The molecule has 26 heteroatoms. The molecule has 5 aliphatic rings. The van der Waals surface area contributed by atoms with Gasteiger partial charge in [0.2, 0.25) is 17.6 Å². The molecule has 3 saturated heterocycles. The number of nitrogens with one attached hydrogen (secondary N) is 3. The Bertz CT molecular complexity index is 2840. The molecule has 3 fully saturated rings. The number of aliphatic hydroxyl groups is 1. The molecule has 0 bridgehead atoms. The van der Waals surface area contributed by atoms with Crippen LogP contribution in [0.1, 0.15) is 92.2 Å². The summed E-state index contributed by atoms with van der Waals surface area (Å²) in [6.45, 7) is 3.87. The van der Waals surface area contributed by atoms with Gasteiger partial charge in [-0.15, -0.1) is 0 Å². The smallest absolute Gasteiger partial charge is 0.275 e. The van der Waals surface area contributed by atoms with Crippen molar-refractivity contribution in [3.63, 3.8) is 0 Å². The first-order valence-corrected chi connectivity index (χ1v) is 27.1. The summed E-state index contributed by atoms with van der Waals surface area (Å²) in [5, 5.41) is 51.7. The van der Waals surface area contributed by atoms with Crippen molar-refractivity contribution in [3.05, 3.63) is 92.8 Å². The van der Waals surface area contributed by atoms with Crippen molar-refractivity contribution in [1.82, 2.24) is 30.7 Å². The molecule has 414 valence electrons. The van der Waals surface area contributed by atoms with Crippen LogP contribution in [0.5, 0.6) is 17.2 Å². The average molecular weight is 1200 g/mol. The Morgan fingerprint density at radius 1 is 0.896 bits per heavy atom. The van der Waals surface area contributed by atoms with Crippen LogP contribution in [-0.2, 0) is 82.6 Å². The van der Waals surface area contributed by atoms with Crippen molar-refractivity contribution in [2.24, 2.45) is 0 Å². The van der Waals surface area contributed by atoms with Crippen LogP contribution >= 0.6 is 31.9 Å². The fourth-order valence-corrected chi connectivity index (χ4v) is 11.2. The summed E-state index contributed by atoms with van der Waals surface area (Å²) in [5.41, 5.74) is 1.15. The molecule has 0 spiro atoms. The first kappa shape index (κ1) is 56.2. The van der Waals surface area contributed by atoms with Crippen LogP contribution in [0.4, 0.5) is 5.69 Å². The van der Waals surface area contributed by atoms with E-state index in [0.717, 1.165) is 11.4 Å². The average Bonchev–Trinajstić information content (AvgIpc) is 4.04. The third-order valence-electron chi connectivity index (χ3n) is 14.0. The fraction of sp³-hybridized carbons (Fsp3) is 0.510. The Morgan fingerprint density at radius 2 is 1.62 bits per heavy atom. The molecule has 0 radical (unpaired) electrons. The molecule has 3 aromatic carbocycles. The van der Waals surface area contributed by atoms with Crippen molar-refractivity contribution in [2.75, 3.05) is 65.7 Å². The summed E-state index contributed by atoms with van der Waals surface area (Å²) in [6.07, 6.45) is -5.38. The van der Waals surface area contributed by atoms with Gasteiger partial charge in [0.25, 0.3) is 5.91 Å². The lowest BCUT2D eigenvalue weighted by molar-refractivity contribution is -0.256. The number of amides is 3. The number of methoxy groups -OCH3 is 2. The van der Waals surface area contributed by atoms with E-state index in [-0.39, 0.29) is 79.2 Å². The molecule has 3 amide bonds. The lowest BCUT2D eigenvalue weighted by Gasteiger charge is -2.43. The Kier molecular flexibility index (Phi) is 18.0. The number of halogens is 2. The standard InChI is InChI=1S/C51H59Br2N7O17/c1-26-47-33(59-12-16-73-49(70-3)48(59)77-47)19-38(75-26)76-35-21-51(68,20-30-40(35)46(66)42-41(44(30)64)43(63)29-5-4-6-34(69-2)39(29)45(42)65)50(67)58-74-25-27-7-9-28(10-8-27)55-37(62)24-54-36(61)11-14-71-17-18-72-15-13-60-56-31(22-52)32(23-53)57-60/h4-10,26,33,35,38,47-49,64,66,68H,11-25H2,1-3H3,(H,54,61)(H,55,62)(H,58,67)/t26-,33-,35-,38-,47+,48+,49-,51-/m0/s1. The molecular formula is C51H59Br2N7O17. The van der Waals surface area contributed by atoms with Crippen molar-refractivity contribution in [2.45, 2.75) is 105 Å². The van der Waals surface area contributed by atoms with Gasteiger partial charge in [0.05, 0.1) is 100 Å². The van der Waals surface area contributed by atoms with Crippen LogP contribution in [-0.4, -0.2) is 168 Å². The summed E-state index contributed by atoms with van der Waals surface area (Å²) < 4.78 is 47.1. The molecule has 24 nitrogen and oxygen atoms in total. The number of phenols is 2. The number of rotatable bonds is 22. The van der Waals surface area contributed by atoms with Gasteiger partial charge in [0.15, 0.2) is 30.2 Å². The molecule has 9 rings (SSSR count). The molecule has 1 aromatic heterocycles. The van der Waals surface area contributed by atoms with Gasteiger partial charge in [-0.3, -0.25) is 33.7 Å².